The molecular formula is C11H20. The summed E-state index contributed by atoms with van der Waals surface area (Å²) in [6, 6.07) is 0. The molecule has 0 bridgehead atoms. The molecule has 0 aromatic rings. The summed E-state index contributed by atoms with van der Waals surface area (Å²) in [6.07, 6.45) is 9.11. The van der Waals surface area contributed by atoms with Crippen molar-refractivity contribution in [1.29, 1.82) is 0 Å². The van der Waals surface area contributed by atoms with Gasteiger partial charge in [-0.1, -0.05) is 26.7 Å². The van der Waals surface area contributed by atoms with E-state index in [2.05, 4.69) is 13.8 Å². The van der Waals surface area contributed by atoms with Crippen molar-refractivity contribution in [3.8, 4) is 0 Å². The first-order valence-corrected chi connectivity index (χ1v) is 5.26. The van der Waals surface area contributed by atoms with Gasteiger partial charge >= 0.3 is 0 Å². The molecule has 0 aromatic heterocycles. The summed E-state index contributed by atoms with van der Waals surface area (Å²) in [5.74, 6) is 2.19. The van der Waals surface area contributed by atoms with Crippen molar-refractivity contribution in [2.75, 3.05) is 0 Å². The van der Waals surface area contributed by atoms with Gasteiger partial charge < -0.3 is 0 Å². The highest BCUT2D eigenvalue weighted by Crippen LogP contribution is 2.55. The fourth-order valence-electron chi connectivity index (χ4n) is 2.62. The lowest BCUT2D eigenvalue weighted by Gasteiger charge is -2.41. The van der Waals surface area contributed by atoms with Crippen LogP contribution in [-0.2, 0) is 0 Å². The molecular weight excluding hydrogens is 132 g/mol. The maximum Gasteiger partial charge on any atom is -0.0297 e. The van der Waals surface area contributed by atoms with Crippen molar-refractivity contribution in [3.63, 3.8) is 0 Å². The summed E-state index contributed by atoms with van der Waals surface area (Å²) in [5, 5.41) is 0. The Morgan fingerprint density at radius 1 is 1.36 bits per heavy atom. The predicted molar refractivity (Wildman–Crippen MR) is 48.5 cm³/mol. The molecule has 2 fully saturated rings. The Labute approximate surface area is 70.4 Å². The predicted octanol–water partition coefficient (Wildman–Crippen LogP) is 3.61. The van der Waals surface area contributed by atoms with Gasteiger partial charge in [-0.15, -0.1) is 0 Å². The SMILES string of the molecule is CCC1(CC2CC2C)CCC1. The fourth-order valence-corrected chi connectivity index (χ4v) is 2.62. The van der Waals surface area contributed by atoms with Gasteiger partial charge in [0.2, 0.25) is 0 Å². The average molecular weight is 152 g/mol. The molecule has 2 aliphatic carbocycles. The van der Waals surface area contributed by atoms with E-state index >= 15 is 0 Å². The summed E-state index contributed by atoms with van der Waals surface area (Å²) in [4.78, 5) is 0. The summed E-state index contributed by atoms with van der Waals surface area (Å²) < 4.78 is 0. The van der Waals surface area contributed by atoms with Crippen molar-refractivity contribution in [3.05, 3.63) is 0 Å². The van der Waals surface area contributed by atoms with Gasteiger partial charge in [0.05, 0.1) is 0 Å². The van der Waals surface area contributed by atoms with E-state index in [0.717, 1.165) is 17.3 Å². The Balaban J connectivity index is 1.83. The van der Waals surface area contributed by atoms with Crippen LogP contribution in [0.4, 0.5) is 0 Å². The molecule has 64 valence electrons. The van der Waals surface area contributed by atoms with E-state index in [1.807, 2.05) is 0 Å². The van der Waals surface area contributed by atoms with Gasteiger partial charge in [0.15, 0.2) is 0 Å². The molecule has 11 heavy (non-hydrogen) atoms. The number of hydrogen-bond acceptors (Lipinski definition) is 0. The smallest absolute Gasteiger partial charge is 0.0297 e. The first kappa shape index (κ1) is 7.64. The Morgan fingerprint density at radius 3 is 2.27 bits per heavy atom. The van der Waals surface area contributed by atoms with Crippen molar-refractivity contribution < 1.29 is 0 Å². The molecule has 0 saturated heterocycles. The zero-order valence-corrected chi connectivity index (χ0v) is 7.90. The molecule has 2 saturated carbocycles. The van der Waals surface area contributed by atoms with E-state index in [1.165, 1.54) is 32.1 Å². The Kier molecular flexibility index (Phi) is 1.74. The minimum absolute atomic E-state index is 0.829. The topological polar surface area (TPSA) is 0 Å². The van der Waals surface area contributed by atoms with Gasteiger partial charge in [-0.3, -0.25) is 0 Å². The van der Waals surface area contributed by atoms with Crippen LogP contribution in [0.5, 0.6) is 0 Å². The second-order valence-electron chi connectivity index (χ2n) is 4.88. The standard InChI is InChI=1S/C11H20/c1-3-11(5-4-6-11)8-10-7-9(10)2/h9-10H,3-8H2,1-2H3. The Morgan fingerprint density at radius 2 is 2.00 bits per heavy atom. The monoisotopic (exact) mass is 152 g/mol. The maximum absolute atomic E-state index is 2.41. The van der Waals surface area contributed by atoms with Crippen LogP contribution >= 0.6 is 0 Å². The first-order valence-electron chi connectivity index (χ1n) is 5.26. The summed E-state index contributed by atoms with van der Waals surface area (Å²) >= 11 is 0. The molecule has 0 radical (unpaired) electrons. The van der Waals surface area contributed by atoms with Gasteiger partial charge in [-0.25, -0.2) is 0 Å². The summed E-state index contributed by atoms with van der Waals surface area (Å²) in [5.41, 5.74) is 0.829. The van der Waals surface area contributed by atoms with Crippen molar-refractivity contribution >= 4 is 0 Å². The van der Waals surface area contributed by atoms with E-state index < -0.39 is 0 Å². The maximum atomic E-state index is 2.41. The van der Waals surface area contributed by atoms with Gasteiger partial charge in [0.1, 0.15) is 0 Å². The van der Waals surface area contributed by atoms with Crippen LogP contribution in [0.3, 0.4) is 0 Å². The third-order valence-electron chi connectivity index (χ3n) is 4.14. The van der Waals surface area contributed by atoms with Gasteiger partial charge in [-0.05, 0) is 42.9 Å². The van der Waals surface area contributed by atoms with Gasteiger partial charge in [-0.2, -0.15) is 0 Å². The van der Waals surface area contributed by atoms with Crippen LogP contribution < -0.4 is 0 Å². The number of hydrogen-bond donors (Lipinski definition) is 0. The van der Waals surface area contributed by atoms with E-state index in [-0.39, 0.29) is 0 Å². The molecule has 2 atom stereocenters. The van der Waals surface area contributed by atoms with Crippen molar-refractivity contribution in [2.45, 2.75) is 52.4 Å². The zero-order chi connectivity index (χ0) is 7.90. The number of rotatable bonds is 3. The van der Waals surface area contributed by atoms with Crippen LogP contribution in [0.2, 0.25) is 0 Å². The van der Waals surface area contributed by atoms with Crippen LogP contribution in [0.15, 0.2) is 0 Å². The second kappa shape index (κ2) is 2.50. The largest absolute Gasteiger partial charge is 0.0649 e. The second-order valence-corrected chi connectivity index (χ2v) is 4.88. The highest BCUT2D eigenvalue weighted by molar-refractivity contribution is 4.94. The van der Waals surface area contributed by atoms with E-state index in [1.54, 1.807) is 6.42 Å². The molecule has 2 rings (SSSR count). The van der Waals surface area contributed by atoms with Crippen molar-refractivity contribution in [2.24, 2.45) is 17.3 Å². The minimum Gasteiger partial charge on any atom is -0.0649 e. The highest BCUT2D eigenvalue weighted by atomic mass is 14.5. The summed E-state index contributed by atoms with van der Waals surface area (Å²) in [6.45, 7) is 4.79. The molecule has 2 aliphatic rings. The molecule has 0 N–H and O–H groups in total. The van der Waals surface area contributed by atoms with Crippen molar-refractivity contribution in [1.82, 2.24) is 0 Å². The first-order chi connectivity index (χ1) is 5.26. The quantitative estimate of drug-likeness (QED) is 0.579. The summed E-state index contributed by atoms with van der Waals surface area (Å²) in [7, 11) is 0. The molecule has 2 unspecified atom stereocenters. The molecule has 0 aromatic carbocycles. The highest BCUT2D eigenvalue weighted by Gasteiger charge is 2.43. The van der Waals surface area contributed by atoms with Crippen LogP contribution in [0.1, 0.15) is 52.4 Å². The van der Waals surface area contributed by atoms with Gasteiger partial charge in [0.25, 0.3) is 0 Å². The van der Waals surface area contributed by atoms with Crippen LogP contribution in [0, 0.1) is 17.3 Å². The van der Waals surface area contributed by atoms with E-state index in [4.69, 9.17) is 0 Å². The van der Waals surface area contributed by atoms with E-state index in [9.17, 15) is 0 Å². The van der Waals surface area contributed by atoms with Crippen LogP contribution in [-0.4, -0.2) is 0 Å². The molecule has 0 nitrogen and oxygen atoms in total. The average Bonchev–Trinajstić information content (AvgIpc) is 2.58. The third-order valence-corrected chi connectivity index (χ3v) is 4.14. The minimum atomic E-state index is 0.829. The molecule has 0 spiro atoms. The lowest BCUT2D eigenvalue weighted by atomic mass is 9.64. The van der Waals surface area contributed by atoms with Crippen LogP contribution in [0.25, 0.3) is 0 Å². The molecule has 0 heterocycles. The Bertz CT molecular complexity index is 139. The fraction of sp³-hybridized carbons (Fsp3) is 1.00. The zero-order valence-electron chi connectivity index (χ0n) is 7.90. The molecule has 0 heteroatoms. The molecule has 0 amide bonds. The lowest BCUT2D eigenvalue weighted by molar-refractivity contribution is 0.103. The third kappa shape index (κ3) is 1.32. The Hall–Kier alpha value is 0. The van der Waals surface area contributed by atoms with E-state index in [0.29, 0.717) is 0 Å². The lowest BCUT2D eigenvalue weighted by Crippen LogP contribution is -2.29. The van der Waals surface area contributed by atoms with Gasteiger partial charge in [0, 0.05) is 0 Å². The molecule has 0 aliphatic heterocycles. The normalized spacial score (nSPS) is 39.8.